The molecule has 0 aromatic rings. The smallest absolute Gasteiger partial charge is 0.329 e. The zero-order valence-electron chi connectivity index (χ0n) is 12.6. The topological polar surface area (TPSA) is 83.6 Å². The lowest BCUT2D eigenvalue weighted by atomic mass is 9.93. The van der Waals surface area contributed by atoms with Gasteiger partial charge in [-0.1, -0.05) is 19.8 Å². The van der Waals surface area contributed by atoms with E-state index < -0.39 is 11.5 Å². The van der Waals surface area contributed by atoms with Crippen molar-refractivity contribution >= 4 is 11.9 Å². The molecular weight excluding hydrogens is 244 g/mol. The van der Waals surface area contributed by atoms with Crippen molar-refractivity contribution in [2.24, 2.45) is 11.7 Å². The van der Waals surface area contributed by atoms with Crippen molar-refractivity contribution in [2.45, 2.75) is 58.4 Å². The van der Waals surface area contributed by atoms with Crippen LogP contribution >= 0.6 is 0 Å². The molecule has 1 unspecified atom stereocenters. The molecule has 0 saturated heterocycles. The van der Waals surface area contributed by atoms with Gasteiger partial charge in [0.05, 0.1) is 0 Å². The molecule has 0 radical (unpaired) electrons. The summed E-state index contributed by atoms with van der Waals surface area (Å²) in [5.74, 6) is -0.652. The molecule has 5 nitrogen and oxygen atoms in total. The minimum absolute atomic E-state index is 0.120. The molecule has 0 bridgehead atoms. The van der Waals surface area contributed by atoms with Gasteiger partial charge in [0, 0.05) is 13.5 Å². The maximum absolute atomic E-state index is 12.0. The predicted molar refractivity (Wildman–Crippen MR) is 75.8 cm³/mol. The SMILES string of the molecule is CCCC(CCN)CCC(=O)N(C)C(C)(C)C(=O)O. The summed E-state index contributed by atoms with van der Waals surface area (Å²) >= 11 is 0. The van der Waals surface area contributed by atoms with Crippen molar-refractivity contribution in [3.63, 3.8) is 0 Å². The highest BCUT2D eigenvalue weighted by Gasteiger charge is 2.34. The Morgan fingerprint density at radius 3 is 2.26 bits per heavy atom. The second-order valence-electron chi connectivity index (χ2n) is 5.59. The maximum atomic E-state index is 12.0. The Labute approximate surface area is 116 Å². The number of carbonyl (C=O) groups excluding carboxylic acids is 1. The number of hydrogen-bond acceptors (Lipinski definition) is 3. The average molecular weight is 272 g/mol. The van der Waals surface area contributed by atoms with Crippen LogP contribution in [0.2, 0.25) is 0 Å². The third kappa shape index (κ3) is 5.59. The molecule has 0 aliphatic carbocycles. The molecule has 0 saturated carbocycles. The Hall–Kier alpha value is -1.10. The number of amides is 1. The van der Waals surface area contributed by atoms with Crippen molar-refractivity contribution in [3.05, 3.63) is 0 Å². The zero-order valence-corrected chi connectivity index (χ0v) is 12.6. The number of rotatable bonds is 9. The van der Waals surface area contributed by atoms with Crippen molar-refractivity contribution in [2.75, 3.05) is 13.6 Å². The lowest BCUT2D eigenvalue weighted by molar-refractivity contribution is -0.155. The first kappa shape index (κ1) is 17.9. The molecule has 3 N–H and O–H groups in total. The summed E-state index contributed by atoms with van der Waals surface area (Å²) in [6.45, 7) is 5.83. The van der Waals surface area contributed by atoms with Crippen LogP contribution in [0, 0.1) is 5.92 Å². The van der Waals surface area contributed by atoms with Crippen LogP contribution in [0.25, 0.3) is 0 Å². The van der Waals surface area contributed by atoms with E-state index in [4.69, 9.17) is 10.8 Å². The van der Waals surface area contributed by atoms with Gasteiger partial charge in [-0.15, -0.1) is 0 Å². The first-order valence-corrected chi connectivity index (χ1v) is 6.97. The predicted octanol–water partition coefficient (Wildman–Crippen LogP) is 1.85. The lowest BCUT2D eigenvalue weighted by Crippen LogP contribution is -2.50. The van der Waals surface area contributed by atoms with Gasteiger partial charge in [0.2, 0.25) is 5.91 Å². The van der Waals surface area contributed by atoms with Crippen molar-refractivity contribution in [1.82, 2.24) is 4.90 Å². The number of carbonyl (C=O) groups is 2. The van der Waals surface area contributed by atoms with Gasteiger partial charge >= 0.3 is 5.97 Å². The van der Waals surface area contributed by atoms with Gasteiger partial charge in [0.15, 0.2) is 0 Å². The van der Waals surface area contributed by atoms with Crippen LogP contribution in [0.3, 0.4) is 0 Å². The summed E-state index contributed by atoms with van der Waals surface area (Å²) in [6.07, 6.45) is 4.24. The van der Waals surface area contributed by atoms with Crippen LogP contribution in [-0.2, 0) is 9.59 Å². The molecule has 1 amide bonds. The Morgan fingerprint density at radius 1 is 1.26 bits per heavy atom. The van der Waals surface area contributed by atoms with E-state index in [-0.39, 0.29) is 5.91 Å². The van der Waals surface area contributed by atoms with Crippen LogP contribution in [0.5, 0.6) is 0 Å². The highest BCUT2D eigenvalue weighted by atomic mass is 16.4. The summed E-state index contributed by atoms with van der Waals surface area (Å²) in [4.78, 5) is 24.5. The van der Waals surface area contributed by atoms with Gasteiger partial charge in [0.25, 0.3) is 0 Å². The molecular formula is C14H28N2O3. The van der Waals surface area contributed by atoms with E-state index in [1.165, 1.54) is 18.7 Å². The summed E-state index contributed by atoms with van der Waals surface area (Å²) in [7, 11) is 1.55. The van der Waals surface area contributed by atoms with E-state index in [1.54, 1.807) is 7.05 Å². The minimum atomic E-state index is -1.16. The molecule has 19 heavy (non-hydrogen) atoms. The minimum Gasteiger partial charge on any atom is -0.480 e. The fourth-order valence-electron chi connectivity index (χ4n) is 2.03. The van der Waals surface area contributed by atoms with Crippen LogP contribution < -0.4 is 5.73 Å². The van der Waals surface area contributed by atoms with Crippen LogP contribution in [-0.4, -0.2) is 41.0 Å². The molecule has 0 aromatic carbocycles. The summed E-state index contributed by atoms with van der Waals surface area (Å²) in [6, 6.07) is 0. The second-order valence-corrected chi connectivity index (χ2v) is 5.59. The number of aliphatic carboxylic acids is 1. The van der Waals surface area contributed by atoms with Gasteiger partial charge in [0.1, 0.15) is 5.54 Å². The maximum Gasteiger partial charge on any atom is 0.329 e. The average Bonchev–Trinajstić information content (AvgIpc) is 2.34. The first-order valence-electron chi connectivity index (χ1n) is 6.97. The van der Waals surface area contributed by atoms with Gasteiger partial charge in [-0.05, 0) is 39.2 Å². The van der Waals surface area contributed by atoms with Crippen LogP contribution in [0.4, 0.5) is 0 Å². The van der Waals surface area contributed by atoms with E-state index in [9.17, 15) is 9.59 Å². The van der Waals surface area contributed by atoms with Gasteiger partial charge in [-0.25, -0.2) is 4.79 Å². The fourth-order valence-corrected chi connectivity index (χ4v) is 2.03. The first-order chi connectivity index (χ1) is 8.77. The molecule has 1 atom stereocenters. The number of hydrogen-bond donors (Lipinski definition) is 2. The highest BCUT2D eigenvalue weighted by Crippen LogP contribution is 2.20. The van der Waals surface area contributed by atoms with Crippen molar-refractivity contribution in [3.8, 4) is 0 Å². The molecule has 112 valence electrons. The van der Waals surface area contributed by atoms with E-state index in [0.717, 1.165) is 25.7 Å². The molecule has 0 aromatic heterocycles. The molecule has 0 fully saturated rings. The molecule has 0 heterocycles. The zero-order chi connectivity index (χ0) is 15.1. The van der Waals surface area contributed by atoms with Crippen LogP contribution in [0.1, 0.15) is 52.9 Å². The Kier molecular flexibility index (Phi) is 7.68. The number of carboxylic acid groups (broad SMARTS) is 1. The number of nitrogens with two attached hydrogens (primary N) is 1. The van der Waals surface area contributed by atoms with Gasteiger partial charge in [-0.2, -0.15) is 0 Å². The van der Waals surface area contributed by atoms with Crippen LogP contribution in [0.15, 0.2) is 0 Å². The third-order valence-electron chi connectivity index (χ3n) is 3.77. The normalized spacial score (nSPS) is 13.1. The van der Waals surface area contributed by atoms with Gasteiger partial charge < -0.3 is 15.7 Å². The summed E-state index contributed by atoms with van der Waals surface area (Å²) in [5, 5.41) is 9.10. The molecule has 0 rings (SSSR count). The molecule has 5 heteroatoms. The fraction of sp³-hybridized carbons (Fsp3) is 0.857. The number of likely N-dealkylation sites (N-methyl/N-ethyl adjacent to an activating group) is 1. The Balaban J connectivity index is 4.40. The highest BCUT2D eigenvalue weighted by molar-refractivity contribution is 5.86. The number of nitrogens with zero attached hydrogens (tertiary/aromatic N) is 1. The van der Waals surface area contributed by atoms with Crippen molar-refractivity contribution < 1.29 is 14.7 Å². The molecule has 0 spiro atoms. The number of carboxylic acids is 1. The Bertz CT molecular complexity index is 297. The summed E-state index contributed by atoms with van der Waals surface area (Å²) in [5.41, 5.74) is 4.40. The third-order valence-corrected chi connectivity index (χ3v) is 3.77. The standard InChI is InChI=1S/C14H28N2O3/c1-5-6-11(9-10-15)7-8-12(17)16(4)14(2,3)13(18)19/h11H,5-10,15H2,1-4H3,(H,18,19). The lowest BCUT2D eigenvalue weighted by Gasteiger charge is -2.32. The van der Waals surface area contributed by atoms with E-state index in [0.29, 0.717) is 18.9 Å². The van der Waals surface area contributed by atoms with Gasteiger partial charge in [-0.3, -0.25) is 4.79 Å². The largest absolute Gasteiger partial charge is 0.480 e. The van der Waals surface area contributed by atoms with E-state index in [2.05, 4.69) is 6.92 Å². The quantitative estimate of drug-likeness (QED) is 0.671. The van der Waals surface area contributed by atoms with Crippen molar-refractivity contribution in [1.29, 1.82) is 0 Å². The Morgan fingerprint density at radius 2 is 1.84 bits per heavy atom. The second kappa shape index (κ2) is 8.15. The monoisotopic (exact) mass is 272 g/mol. The molecule has 0 aliphatic rings. The van der Waals surface area contributed by atoms with E-state index in [1.807, 2.05) is 0 Å². The van der Waals surface area contributed by atoms with E-state index >= 15 is 0 Å². The summed E-state index contributed by atoms with van der Waals surface area (Å²) < 4.78 is 0. The molecule has 0 aliphatic heterocycles.